The van der Waals surface area contributed by atoms with E-state index in [-0.39, 0.29) is 5.38 Å². The third-order valence-electron chi connectivity index (χ3n) is 0.836. The molecule has 0 N–H and O–H groups in total. The van der Waals surface area contributed by atoms with Gasteiger partial charge in [0.15, 0.2) is 0 Å². The number of ether oxygens (including phenoxy) is 1. The van der Waals surface area contributed by atoms with Crippen LogP contribution < -0.4 is 0 Å². The molecule has 0 aromatic rings. The van der Waals surface area contributed by atoms with Crippen molar-refractivity contribution < 1.29 is 4.74 Å². The van der Waals surface area contributed by atoms with Crippen LogP contribution in [0.4, 0.5) is 0 Å². The summed E-state index contributed by atoms with van der Waals surface area (Å²) in [6.45, 7) is 0.722. The maximum Gasteiger partial charge on any atom is 0.129 e. The second kappa shape index (κ2) is 7.20. The topological polar surface area (TPSA) is 33.0 Å². The van der Waals surface area contributed by atoms with Crippen molar-refractivity contribution in [1.82, 2.24) is 0 Å². The van der Waals surface area contributed by atoms with E-state index in [9.17, 15) is 0 Å². The van der Waals surface area contributed by atoms with Gasteiger partial charge in [-0.05, 0) is 0 Å². The molecular formula is C6H10ClNOS. The Morgan fingerprint density at radius 2 is 2.50 bits per heavy atom. The lowest BCUT2D eigenvalue weighted by atomic mass is 10.5. The van der Waals surface area contributed by atoms with Crippen LogP contribution in [0.2, 0.25) is 0 Å². The zero-order valence-corrected chi connectivity index (χ0v) is 7.41. The molecule has 0 saturated heterocycles. The van der Waals surface area contributed by atoms with Crippen molar-refractivity contribution in [2.45, 2.75) is 5.38 Å². The molecule has 0 heterocycles. The number of rotatable bonds is 5. The van der Waals surface area contributed by atoms with Gasteiger partial charge in [0.25, 0.3) is 0 Å². The minimum absolute atomic E-state index is 0.359. The van der Waals surface area contributed by atoms with Gasteiger partial charge in [0.2, 0.25) is 0 Å². The molecule has 4 heteroatoms. The normalized spacial score (nSPS) is 12.5. The molecule has 58 valence electrons. The fourth-order valence-corrected chi connectivity index (χ4v) is 1.37. The van der Waals surface area contributed by atoms with Crippen molar-refractivity contribution in [3.63, 3.8) is 0 Å². The molecule has 0 radical (unpaired) electrons. The first-order chi connectivity index (χ1) is 4.81. The largest absolute Gasteiger partial charge is 0.384 e. The van der Waals surface area contributed by atoms with Crippen LogP contribution in [0.3, 0.4) is 0 Å². The summed E-state index contributed by atoms with van der Waals surface area (Å²) in [7, 11) is 1.66. The summed E-state index contributed by atoms with van der Waals surface area (Å²) < 4.78 is 4.81. The van der Waals surface area contributed by atoms with E-state index in [0.717, 1.165) is 12.4 Å². The first kappa shape index (κ1) is 10.1. The number of halogens is 1. The Bertz CT molecular complexity index is 115. The van der Waals surface area contributed by atoms with Gasteiger partial charge >= 0.3 is 0 Å². The quantitative estimate of drug-likeness (QED) is 0.474. The average Bonchev–Trinajstić information content (AvgIpc) is 1.98. The SMILES string of the molecule is COCCSCC(Cl)C#N. The highest BCUT2D eigenvalue weighted by atomic mass is 35.5. The number of alkyl halides is 1. The van der Waals surface area contributed by atoms with Gasteiger partial charge in [-0.1, -0.05) is 0 Å². The Morgan fingerprint density at radius 1 is 1.80 bits per heavy atom. The monoisotopic (exact) mass is 179 g/mol. The highest BCUT2D eigenvalue weighted by Crippen LogP contribution is 2.06. The Balaban J connectivity index is 2.98. The minimum Gasteiger partial charge on any atom is -0.384 e. The number of thioether (sulfide) groups is 1. The lowest BCUT2D eigenvalue weighted by Gasteiger charge is -1.99. The number of nitrogens with zero attached hydrogens (tertiary/aromatic N) is 1. The molecule has 0 aliphatic carbocycles. The summed E-state index contributed by atoms with van der Waals surface area (Å²) in [6.07, 6.45) is 0. The standard InChI is InChI=1S/C6H10ClNOS/c1-9-2-3-10-5-6(7)4-8/h6H,2-3,5H2,1H3. The van der Waals surface area contributed by atoms with Crippen LogP contribution in [0.5, 0.6) is 0 Å². The maximum absolute atomic E-state index is 8.26. The zero-order valence-electron chi connectivity index (χ0n) is 5.84. The van der Waals surface area contributed by atoms with Crippen LogP contribution >= 0.6 is 23.4 Å². The number of hydrogen-bond acceptors (Lipinski definition) is 3. The fourth-order valence-electron chi connectivity index (χ4n) is 0.366. The van der Waals surface area contributed by atoms with Crippen molar-refractivity contribution >= 4 is 23.4 Å². The van der Waals surface area contributed by atoms with Crippen molar-refractivity contribution in [2.75, 3.05) is 25.2 Å². The van der Waals surface area contributed by atoms with Crippen LogP contribution in [0.1, 0.15) is 0 Å². The molecule has 0 bridgehead atoms. The van der Waals surface area contributed by atoms with E-state index in [4.69, 9.17) is 21.6 Å². The van der Waals surface area contributed by atoms with Gasteiger partial charge in [-0.15, -0.1) is 11.6 Å². The van der Waals surface area contributed by atoms with Gasteiger partial charge in [-0.2, -0.15) is 17.0 Å². The van der Waals surface area contributed by atoms with Crippen LogP contribution in [-0.2, 0) is 4.74 Å². The molecule has 10 heavy (non-hydrogen) atoms. The van der Waals surface area contributed by atoms with Crippen LogP contribution in [-0.4, -0.2) is 30.6 Å². The van der Waals surface area contributed by atoms with Crippen LogP contribution in [0.25, 0.3) is 0 Å². The lowest BCUT2D eigenvalue weighted by molar-refractivity contribution is 0.218. The molecule has 0 fully saturated rings. The Morgan fingerprint density at radius 3 is 3.00 bits per heavy atom. The summed E-state index contributed by atoms with van der Waals surface area (Å²) in [4.78, 5) is 0. The van der Waals surface area contributed by atoms with Crippen molar-refractivity contribution in [2.24, 2.45) is 0 Å². The van der Waals surface area contributed by atoms with E-state index in [1.54, 1.807) is 18.9 Å². The van der Waals surface area contributed by atoms with E-state index in [1.165, 1.54) is 0 Å². The molecule has 0 amide bonds. The van der Waals surface area contributed by atoms with Gasteiger partial charge in [0.1, 0.15) is 5.38 Å². The summed E-state index contributed by atoms with van der Waals surface area (Å²) in [5.41, 5.74) is 0. The molecule has 0 aromatic carbocycles. The summed E-state index contributed by atoms with van der Waals surface area (Å²) >= 11 is 7.15. The molecule has 0 aliphatic heterocycles. The number of methoxy groups -OCH3 is 1. The molecule has 0 aromatic heterocycles. The number of nitriles is 1. The molecular weight excluding hydrogens is 170 g/mol. The Kier molecular flexibility index (Phi) is 7.26. The average molecular weight is 180 g/mol. The highest BCUT2D eigenvalue weighted by Gasteiger charge is 1.99. The molecule has 1 atom stereocenters. The predicted octanol–water partition coefficient (Wildman–Crippen LogP) is 1.50. The summed E-state index contributed by atoms with van der Waals surface area (Å²) in [6, 6.07) is 1.95. The molecule has 2 nitrogen and oxygen atoms in total. The molecule has 1 unspecified atom stereocenters. The van der Waals surface area contributed by atoms with Crippen molar-refractivity contribution in [1.29, 1.82) is 5.26 Å². The minimum atomic E-state index is -0.359. The predicted molar refractivity (Wildman–Crippen MR) is 44.5 cm³/mol. The van der Waals surface area contributed by atoms with Crippen LogP contribution in [0, 0.1) is 11.3 Å². The van der Waals surface area contributed by atoms with E-state index in [1.807, 2.05) is 6.07 Å². The molecule has 0 saturated carbocycles. The molecule has 0 rings (SSSR count). The molecule has 0 spiro atoms. The van der Waals surface area contributed by atoms with Gasteiger partial charge in [-0.3, -0.25) is 0 Å². The first-order valence-electron chi connectivity index (χ1n) is 2.91. The highest BCUT2D eigenvalue weighted by molar-refractivity contribution is 7.99. The second-order valence-electron chi connectivity index (χ2n) is 1.66. The van der Waals surface area contributed by atoms with E-state index in [2.05, 4.69) is 0 Å². The smallest absolute Gasteiger partial charge is 0.129 e. The Labute approximate surface area is 70.5 Å². The number of hydrogen-bond donors (Lipinski definition) is 0. The summed E-state index contributed by atoms with van der Waals surface area (Å²) in [5.74, 6) is 1.59. The van der Waals surface area contributed by atoms with Gasteiger partial charge < -0.3 is 4.74 Å². The third kappa shape index (κ3) is 6.21. The van der Waals surface area contributed by atoms with E-state index in [0.29, 0.717) is 5.75 Å². The summed E-state index contributed by atoms with van der Waals surface area (Å²) in [5, 5.41) is 7.91. The lowest BCUT2D eigenvalue weighted by Crippen LogP contribution is -2.00. The van der Waals surface area contributed by atoms with Crippen LogP contribution in [0.15, 0.2) is 0 Å². The van der Waals surface area contributed by atoms with Gasteiger partial charge in [0, 0.05) is 18.6 Å². The van der Waals surface area contributed by atoms with E-state index >= 15 is 0 Å². The van der Waals surface area contributed by atoms with Crippen molar-refractivity contribution in [3.8, 4) is 6.07 Å². The fraction of sp³-hybridized carbons (Fsp3) is 0.833. The van der Waals surface area contributed by atoms with Gasteiger partial charge in [-0.25, -0.2) is 0 Å². The van der Waals surface area contributed by atoms with Gasteiger partial charge in [0.05, 0.1) is 12.7 Å². The third-order valence-corrected chi connectivity index (χ3v) is 2.30. The first-order valence-corrected chi connectivity index (χ1v) is 4.50. The second-order valence-corrected chi connectivity index (χ2v) is 3.34. The van der Waals surface area contributed by atoms with Crippen molar-refractivity contribution in [3.05, 3.63) is 0 Å². The van der Waals surface area contributed by atoms with E-state index < -0.39 is 0 Å². The maximum atomic E-state index is 8.26. The zero-order chi connectivity index (χ0) is 7.82. The molecule has 0 aliphatic rings. The Hall–Kier alpha value is 0.0900.